The maximum absolute atomic E-state index is 10.8. The van der Waals surface area contributed by atoms with Crippen molar-refractivity contribution in [2.24, 2.45) is 4.99 Å². The molecule has 2 aromatic carbocycles. The zero-order chi connectivity index (χ0) is 21.9. The molecule has 0 radical (unpaired) electrons. The number of morpholine rings is 1. The Hall–Kier alpha value is -1.88. The largest absolute Gasteiger partial charge is 0.457 e. The number of benzene rings is 2. The summed E-state index contributed by atoms with van der Waals surface area (Å²) < 4.78 is 11.4. The molecule has 0 spiro atoms. The van der Waals surface area contributed by atoms with Gasteiger partial charge in [-0.05, 0) is 32.0 Å². The van der Waals surface area contributed by atoms with Crippen molar-refractivity contribution in [3.05, 3.63) is 60.2 Å². The summed E-state index contributed by atoms with van der Waals surface area (Å²) in [4.78, 5) is 6.93. The summed E-state index contributed by atoms with van der Waals surface area (Å²) in [6, 6.07) is 17.6. The minimum atomic E-state index is -0.873. The summed E-state index contributed by atoms with van der Waals surface area (Å²) >= 11 is 0. The molecule has 0 amide bonds. The van der Waals surface area contributed by atoms with Crippen LogP contribution in [-0.2, 0) is 11.3 Å². The van der Waals surface area contributed by atoms with E-state index in [9.17, 15) is 5.11 Å². The van der Waals surface area contributed by atoms with Crippen molar-refractivity contribution in [1.29, 1.82) is 0 Å². The fourth-order valence-electron chi connectivity index (χ4n) is 3.43. The number of nitrogens with one attached hydrogen (secondary N) is 2. The van der Waals surface area contributed by atoms with Crippen LogP contribution in [-0.4, -0.2) is 67.5 Å². The van der Waals surface area contributed by atoms with E-state index >= 15 is 0 Å². The van der Waals surface area contributed by atoms with Crippen LogP contribution in [0.5, 0.6) is 11.5 Å². The van der Waals surface area contributed by atoms with Gasteiger partial charge in [-0.25, -0.2) is 4.99 Å². The summed E-state index contributed by atoms with van der Waals surface area (Å²) in [5.41, 5.74) is 0.116. The summed E-state index contributed by atoms with van der Waals surface area (Å²) in [7, 11) is 0. The van der Waals surface area contributed by atoms with Gasteiger partial charge in [0.15, 0.2) is 5.96 Å². The Labute approximate surface area is 208 Å². The first-order valence-electron chi connectivity index (χ1n) is 10.9. The van der Waals surface area contributed by atoms with Gasteiger partial charge in [-0.3, -0.25) is 4.90 Å². The van der Waals surface area contributed by atoms with Crippen molar-refractivity contribution in [3.8, 4) is 11.5 Å². The number of ether oxygens (including phenoxy) is 2. The van der Waals surface area contributed by atoms with E-state index in [4.69, 9.17) is 14.5 Å². The highest BCUT2D eigenvalue weighted by Crippen LogP contribution is 2.25. The van der Waals surface area contributed by atoms with Gasteiger partial charge >= 0.3 is 0 Å². The number of rotatable bonds is 9. The van der Waals surface area contributed by atoms with E-state index in [1.54, 1.807) is 0 Å². The third-order valence-electron chi connectivity index (χ3n) is 5.00. The highest BCUT2D eigenvalue weighted by molar-refractivity contribution is 14.0. The number of hydrogen-bond donors (Lipinski definition) is 3. The number of aliphatic hydroxyl groups is 1. The lowest BCUT2D eigenvalue weighted by Crippen LogP contribution is -2.52. The Balaban J connectivity index is 0.00000363. The van der Waals surface area contributed by atoms with Crippen molar-refractivity contribution in [2.75, 3.05) is 45.9 Å². The van der Waals surface area contributed by atoms with E-state index in [0.717, 1.165) is 49.9 Å². The molecule has 0 aliphatic carbocycles. The van der Waals surface area contributed by atoms with Crippen molar-refractivity contribution in [3.63, 3.8) is 0 Å². The molecule has 8 heteroatoms. The second kappa shape index (κ2) is 13.6. The number of halogens is 1. The topological polar surface area (TPSA) is 78.4 Å². The zero-order valence-corrected chi connectivity index (χ0v) is 21.2. The average Bonchev–Trinajstić information content (AvgIpc) is 2.78. The molecule has 3 rings (SSSR count). The maximum atomic E-state index is 10.8. The number of para-hydroxylation sites is 2. The summed E-state index contributed by atoms with van der Waals surface area (Å²) in [6.07, 6.45) is 0. The Morgan fingerprint density at radius 3 is 2.50 bits per heavy atom. The van der Waals surface area contributed by atoms with Crippen molar-refractivity contribution in [2.45, 2.75) is 26.0 Å². The Kier molecular flexibility index (Phi) is 11.2. The predicted octanol–water partition coefficient (Wildman–Crippen LogP) is 3.24. The molecule has 0 saturated carbocycles. The molecule has 176 valence electrons. The number of guanidine groups is 1. The first-order chi connectivity index (χ1) is 15.1. The van der Waals surface area contributed by atoms with Gasteiger partial charge in [0.1, 0.15) is 11.5 Å². The first-order valence-corrected chi connectivity index (χ1v) is 10.9. The van der Waals surface area contributed by atoms with Gasteiger partial charge in [-0.15, -0.1) is 24.0 Å². The van der Waals surface area contributed by atoms with Crippen LogP contribution in [0.25, 0.3) is 0 Å². The molecule has 1 aliphatic heterocycles. The van der Waals surface area contributed by atoms with Gasteiger partial charge in [0.25, 0.3) is 0 Å². The minimum absolute atomic E-state index is 0. The van der Waals surface area contributed by atoms with Crippen LogP contribution in [0.4, 0.5) is 0 Å². The summed E-state index contributed by atoms with van der Waals surface area (Å²) in [5.74, 6) is 2.25. The highest BCUT2D eigenvalue weighted by Gasteiger charge is 2.25. The molecule has 1 saturated heterocycles. The highest BCUT2D eigenvalue weighted by atomic mass is 127. The maximum Gasteiger partial charge on any atom is 0.191 e. The molecule has 1 aliphatic rings. The summed E-state index contributed by atoms with van der Waals surface area (Å²) in [6.45, 7) is 9.21. The molecule has 0 bridgehead atoms. The number of hydrogen-bond acceptors (Lipinski definition) is 5. The minimum Gasteiger partial charge on any atom is -0.457 e. The fraction of sp³-hybridized carbons (Fsp3) is 0.458. The normalized spacial score (nSPS) is 16.5. The molecule has 7 nitrogen and oxygen atoms in total. The second-order valence-electron chi connectivity index (χ2n) is 7.96. The molecule has 2 aromatic rings. The van der Waals surface area contributed by atoms with E-state index in [2.05, 4.69) is 15.5 Å². The van der Waals surface area contributed by atoms with Crippen LogP contribution in [0, 0.1) is 0 Å². The molecule has 1 atom stereocenters. The van der Waals surface area contributed by atoms with Gasteiger partial charge in [-0.1, -0.05) is 36.4 Å². The molecule has 1 unspecified atom stereocenters. The van der Waals surface area contributed by atoms with Crippen LogP contribution in [0.3, 0.4) is 0 Å². The summed E-state index contributed by atoms with van der Waals surface area (Å²) in [5, 5.41) is 17.4. The molecule has 3 N–H and O–H groups in total. The SMILES string of the molecule is CCNC(=NCc1ccccc1Oc1ccccc1)NCC(C)(O)CN1CCOCC1.I. The Bertz CT molecular complexity index is 827. The van der Waals surface area contributed by atoms with Crippen molar-refractivity contribution >= 4 is 29.9 Å². The van der Waals surface area contributed by atoms with Crippen LogP contribution >= 0.6 is 24.0 Å². The lowest BCUT2D eigenvalue weighted by molar-refractivity contribution is -0.0201. The molecule has 32 heavy (non-hydrogen) atoms. The van der Waals surface area contributed by atoms with E-state index < -0.39 is 5.60 Å². The zero-order valence-electron chi connectivity index (χ0n) is 18.9. The Morgan fingerprint density at radius 1 is 1.09 bits per heavy atom. The second-order valence-corrected chi connectivity index (χ2v) is 7.96. The van der Waals surface area contributed by atoms with Crippen molar-refractivity contribution in [1.82, 2.24) is 15.5 Å². The average molecular weight is 554 g/mol. The third-order valence-corrected chi connectivity index (χ3v) is 5.00. The van der Waals surface area contributed by atoms with Crippen LogP contribution in [0.15, 0.2) is 59.6 Å². The van der Waals surface area contributed by atoms with Crippen LogP contribution < -0.4 is 15.4 Å². The molecule has 0 aromatic heterocycles. The molecular weight excluding hydrogens is 519 g/mol. The van der Waals surface area contributed by atoms with Crippen LogP contribution in [0.1, 0.15) is 19.4 Å². The quantitative estimate of drug-likeness (QED) is 0.251. The van der Waals surface area contributed by atoms with Crippen LogP contribution in [0.2, 0.25) is 0 Å². The fourth-order valence-corrected chi connectivity index (χ4v) is 3.43. The monoisotopic (exact) mass is 554 g/mol. The molecule has 1 heterocycles. The van der Waals surface area contributed by atoms with E-state index in [-0.39, 0.29) is 24.0 Å². The van der Waals surface area contributed by atoms with Gasteiger partial charge < -0.3 is 25.2 Å². The standard InChI is InChI=1S/C24H34N4O3.HI/c1-3-25-23(27-18-24(2,29)19-28-13-15-30-16-14-28)26-17-20-9-7-8-12-22(20)31-21-10-5-4-6-11-21;/h4-12,29H,3,13-19H2,1-2H3,(H2,25,26,27);1H. The lowest BCUT2D eigenvalue weighted by atomic mass is 10.1. The Morgan fingerprint density at radius 2 is 1.78 bits per heavy atom. The van der Waals surface area contributed by atoms with Gasteiger partial charge in [0.05, 0.1) is 25.4 Å². The van der Waals surface area contributed by atoms with E-state index in [0.29, 0.717) is 25.6 Å². The number of aliphatic imine (C=N–C) groups is 1. The number of β-amino-alcohol motifs (C(OH)–C–C–N with tert-alkyl or cyclic N) is 1. The smallest absolute Gasteiger partial charge is 0.191 e. The molecule has 1 fully saturated rings. The molecular formula is C24H35IN4O3. The third kappa shape index (κ3) is 8.93. The van der Waals surface area contributed by atoms with E-state index in [1.165, 1.54) is 0 Å². The number of nitrogens with zero attached hydrogens (tertiary/aromatic N) is 2. The lowest BCUT2D eigenvalue weighted by Gasteiger charge is -2.34. The van der Waals surface area contributed by atoms with E-state index in [1.807, 2.05) is 68.4 Å². The van der Waals surface area contributed by atoms with Gasteiger partial charge in [0.2, 0.25) is 0 Å². The predicted molar refractivity (Wildman–Crippen MR) is 139 cm³/mol. The van der Waals surface area contributed by atoms with Crippen molar-refractivity contribution < 1.29 is 14.6 Å². The van der Waals surface area contributed by atoms with Gasteiger partial charge in [-0.2, -0.15) is 0 Å². The van der Waals surface area contributed by atoms with Gasteiger partial charge in [0, 0.05) is 38.3 Å². The first kappa shape index (κ1) is 26.4.